The number of aromatic nitrogens is 1. The van der Waals surface area contributed by atoms with E-state index in [1.165, 1.54) is 70.2 Å². The monoisotopic (exact) mass is 609 g/mol. The highest BCUT2D eigenvalue weighted by Crippen LogP contribution is 2.42. The molecule has 0 N–H and O–H groups in total. The topological polar surface area (TPSA) is 18.1 Å². The van der Waals surface area contributed by atoms with Crippen LogP contribution in [0.1, 0.15) is 35.9 Å². The summed E-state index contributed by atoms with van der Waals surface area (Å²) in [6.07, 6.45) is 10.4. The van der Waals surface area contributed by atoms with Crippen LogP contribution in [-0.4, -0.2) is 4.57 Å². The average Bonchev–Trinajstić information content (AvgIpc) is 3.77. The van der Waals surface area contributed by atoms with E-state index in [1.54, 1.807) is 0 Å². The van der Waals surface area contributed by atoms with Crippen molar-refractivity contribution in [3.8, 4) is 22.3 Å². The number of nitrogens with zero attached hydrogens (tertiary/aromatic N) is 1. The third-order valence-electron chi connectivity index (χ3n) is 9.40. The Balaban J connectivity index is 1.17. The fraction of sp³-hybridized carbons (Fsp3) is 0.0698. The molecule has 0 atom stereocenters. The molecule has 0 fully saturated rings. The van der Waals surface area contributed by atoms with Crippen LogP contribution in [0.2, 0.25) is 0 Å². The SMILES string of the molecule is C=Cc1c(/C=C\C)c2ccccc2n1C1=Cc2c(oc3ccc(-c4ccc5sc6ccc(-c7ccccc7)cc6c5c4)cc23)CC1. The van der Waals surface area contributed by atoms with Gasteiger partial charge in [0.2, 0.25) is 0 Å². The minimum Gasteiger partial charge on any atom is -0.460 e. The van der Waals surface area contributed by atoms with Gasteiger partial charge < -0.3 is 8.98 Å². The Morgan fingerprint density at radius 3 is 2.11 bits per heavy atom. The lowest BCUT2D eigenvalue weighted by atomic mass is 9.96. The van der Waals surface area contributed by atoms with E-state index in [0.717, 1.165) is 35.3 Å². The lowest BCUT2D eigenvalue weighted by Crippen LogP contribution is -2.05. The summed E-state index contributed by atoms with van der Waals surface area (Å²) < 4.78 is 11.5. The van der Waals surface area contributed by atoms with Crippen molar-refractivity contribution >= 4 is 77.3 Å². The van der Waals surface area contributed by atoms with Gasteiger partial charge in [0.15, 0.2) is 0 Å². The maximum absolute atomic E-state index is 6.44. The largest absolute Gasteiger partial charge is 0.460 e. The molecule has 0 spiro atoms. The zero-order valence-electron chi connectivity index (χ0n) is 25.6. The molecule has 46 heavy (non-hydrogen) atoms. The van der Waals surface area contributed by atoms with Crippen molar-refractivity contribution in [3.63, 3.8) is 0 Å². The molecule has 1 aliphatic carbocycles. The summed E-state index contributed by atoms with van der Waals surface area (Å²) in [5.41, 5.74) is 11.9. The number of furan rings is 1. The predicted molar refractivity (Wildman–Crippen MR) is 199 cm³/mol. The minimum atomic E-state index is 0.865. The molecular weight excluding hydrogens is 579 g/mol. The van der Waals surface area contributed by atoms with Gasteiger partial charge in [-0.25, -0.2) is 0 Å². The van der Waals surface area contributed by atoms with E-state index in [9.17, 15) is 0 Å². The second-order valence-corrected chi connectivity index (χ2v) is 13.1. The number of thiophene rings is 1. The standard InChI is InChI=1S/C43H31NOS/c1-3-10-32-33-13-8-9-14-39(33)44(38(32)4-2)31-18-20-41-35(26-31)34-23-29(15-19-40(34)45-41)30-17-22-43-37(25-30)36-24-28(16-21-42(36)46-43)27-11-6-5-7-12-27/h3-17,19,21-26H,2,18,20H2,1H3/b10-3-. The fourth-order valence-corrected chi connectivity index (χ4v) is 8.32. The van der Waals surface area contributed by atoms with Crippen molar-refractivity contribution in [1.82, 2.24) is 4.57 Å². The van der Waals surface area contributed by atoms with Crippen LogP contribution in [0.4, 0.5) is 0 Å². The van der Waals surface area contributed by atoms with Crippen LogP contribution >= 0.6 is 11.3 Å². The Morgan fingerprint density at radius 1 is 0.696 bits per heavy atom. The molecule has 0 aliphatic heterocycles. The van der Waals surface area contributed by atoms with Gasteiger partial charge in [-0.05, 0) is 90.2 Å². The van der Waals surface area contributed by atoms with Gasteiger partial charge in [0, 0.05) is 54.2 Å². The summed E-state index contributed by atoms with van der Waals surface area (Å²) in [4.78, 5) is 0. The van der Waals surface area contributed by atoms with Crippen LogP contribution in [-0.2, 0) is 6.42 Å². The van der Waals surface area contributed by atoms with Crippen LogP contribution < -0.4 is 0 Å². The summed E-state index contributed by atoms with van der Waals surface area (Å²) in [6.45, 7) is 6.28. The van der Waals surface area contributed by atoms with Gasteiger partial charge >= 0.3 is 0 Å². The Labute approximate surface area is 271 Å². The van der Waals surface area contributed by atoms with E-state index in [-0.39, 0.29) is 0 Å². The van der Waals surface area contributed by atoms with E-state index >= 15 is 0 Å². The average molecular weight is 610 g/mol. The highest BCUT2D eigenvalue weighted by Gasteiger charge is 2.23. The smallest absolute Gasteiger partial charge is 0.134 e. The number of benzene rings is 5. The number of hydrogen-bond acceptors (Lipinski definition) is 2. The summed E-state index contributed by atoms with van der Waals surface area (Å²) >= 11 is 1.86. The first-order valence-electron chi connectivity index (χ1n) is 15.9. The number of aryl methyl sites for hydroxylation is 1. The molecule has 0 bridgehead atoms. The number of hydrogen-bond donors (Lipinski definition) is 0. The predicted octanol–water partition coefficient (Wildman–Crippen LogP) is 12.7. The quantitative estimate of drug-likeness (QED) is 0.190. The maximum Gasteiger partial charge on any atom is 0.134 e. The fourth-order valence-electron chi connectivity index (χ4n) is 7.25. The third kappa shape index (κ3) is 4.16. The number of allylic oxidation sites excluding steroid dienone is 2. The van der Waals surface area contributed by atoms with Crippen molar-refractivity contribution in [3.05, 3.63) is 144 Å². The second-order valence-electron chi connectivity index (χ2n) is 12.0. The molecule has 0 unspecified atom stereocenters. The van der Waals surface area contributed by atoms with Gasteiger partial charge in [-0.1, -0.05) is 85.5 Å². The van der Waals surface area contributed by atoms with Crippen molar-refractivity contribution in [2.24, 2.45) is 0 Å². The zero-order valence-corrected chi connectivity index (χ0v) is 26.4. The zero-order chi connectivity index (χ0) is 30.8. The van der Waals surface area contributed by atoms with Crippen molar-refractivity contribution in [1.29, 1.82) is 0 Å². The molecule has 0 radical (unpaired) electrons. The third-order valence-corrected chi connectivity index (χ3v) is 10.5. The Kier molecular flexibility index (Phi) is 6.22. The first-order valence-corrected chi connectivity index (χ1v) is 16.7. The number of rotatable bonds is 5. The van der Waals surface area contributed by atoms with Gasteiger partial charge in [-0.15, -0.1) is 11.3 Å². The normalized spacial score (nSPS) is 13.3. The molecule has 3 heteroatoms. The Hall–Kier alpha value is -5.38. The molecule has 2 nitrogen and oxygen atoms in total. The first-order chi connectivity index (χ1) is 22.7. The summed E-state index contributed by atoms with van der Waals surface area (Å²) in [6, 6.07) is 39.7. The van der Waals surface area contributed by atoms with Gasteiger partial charge in [0.05, 0.1) is 11.2 Å². The number of fused-ring (bicyclic) bond motifs is 7. The molecule has 1 aliphatic rings. The Bertz CT molecular complexity index is 2550. The number of para-hydroxylation sites is 1. The second kappa shape index (κ2) is 10.6. The van der Waals surface area contributed by atoms with Gasteiger partial charge in [0.1, 0.15) is 11.3 Å². The van der Waals surface area contributed by atoms with Crippen LogP contribution in [0.3, 0.4) is 0 Å². The van der Waals surface area contributed by atoms with Crippen LogP contribution in [0.25, 0.3) is 88.2 Å². The van der Waals surface area contributed by atoms with E-state index in [0.29, 0.717) is 0 Å². The van der Waals surface area contributed by atoms with E-state index < -0.39 is 0 Å². The van der Waals surface area contributed by atoms with Crippen molar-refractivity contribution in [2.75, 3.05) is 0 Å². The van der Waals surface area contributed by atoms with Crippen LogP contribution in [0.15, 0.2) is 126 Å². The molecule has 3 aromatic heterocycles. The molecule has 0 saturated carbocycles. The highest BCUT2D eigenvalue weighted by atomic mass is 32.1. The van der Waals surface area contributed by atoms with Gasteiger partial charge in [-0.3, -0.25) is 0 Å². The molecule has 5 aromatic carbocycles. The molecule has 8 aromatic rings. The molecule has 0 amide bonds. The lowest BCUT2D eigenvalue weighted by Gasteiger charge is -2.17. The van der Waals surface area contributed by atoms with Crippen LogP contribution in [0.5, 0.6) is 0 Å². The van der Waals surface area contributed by atoms with E-state index in [1.807, 2.05) is 17.4 Å². The highest BCUT2D eigenvalue weighted by molar-refractivity contribution is 7.25. The summed E-state index contributed by atoms with van der Waals surface area (Å²) in [5, 5.41) is 5.03. The molecule has 9 rings (SSSR count). The first kappa shape index (κ1) is 27.0. The molecular formula is C43H31NOS. The summed E-state index contributed by atoms with van der Waals surface area (Å²) in [7, 11) is 0. The van der Waals surface area contributed by atoms with Gasteiger partial charge in [0.25, 0.3) is 0 Å². The van der Waals surface area contributed by atoms with Crippen molar-refractivity contribution in [2.45, 2.75) is 19.8 Å². The molecule has 0 saturated heterocycles. The minimum absolute atomic E-state index is 0.865. The molecule has 220 valence electrons. The summed E-state index contributed by atoms with van der Waals surface area (Å²) in [5.74, 6) is 1.06. The van der Waals surface area contributed by atoms with E-state index in [4.69, 9.17) is 4.42 Å². The maximum atomic E-state index is 6.44. The lowest BCUT2D eigenvalue weighted by molar-refractivity contribution is 0.546. The Morgan fingerprint density at radius 2 is 1.37 bits per heavy atom. The van der Waals surface area contributed by atoms with Crippen LogP contribution in [0, 0.1) is 0 Å². The van der Waals surface area contributed by atoms with Crippen molar-refractivity contribution < 1.29 is 4.42 Å². The van der Waals surface area contributed by atoms with E-state index in [2.05, 4.69) is 145 Å². The van der Waals surface area contributed by atoms with Gasteiger partial charge in [-0.2, -0.15) is 0 Å². The molecule has 3 heterocycles.